The number of nitrogens with zero attached hydrogens (tertiary/aromatic N) is 3. The summed E-state index contributed by atoms with van der Waals surface area (Å²) in [4.78, 5) is 5.81. The molecular formula is C17H17BrClN3O2S2. The molecule has 0 aliphatic heterocycles. The van der Waals surface area contributed by atoms with Gasteiger partial charge in [0.2, 0.25) is 10.0 Å². The third kappa shape index (κ3) is 3.61. The fourth-order valence-corrected chi connectivity index (χ4v) is 5.20. The van der Waals surface area contributed by atoms with Crippen LogP contribution in [0.3, 0.4) is 0 Å². The highest BCUT2D eigenvalue weighted by molar-refractivity contribution is 9.10. The first-order chi connectivity index (χ1) is 12.2. The van der Waals surface area contributed by atoms with E-state index in [2.05, 4.69) is 20.9 Å². The first-order valence-electron chi connectivity index (χ1n) is 7.78. The van der Waals surface area contributed by atoms with Crippen LogP contribution in [0.4, 0.5) is 0 Å². The Balaban J connectivity index is 2.13. The van der Waals surface area contributed by atoms with Crippen molar-refractivity contribution in [3.8, 4) is 0 Å². The zero-order chi connectivity index (χ0) is 19.1. The molecule has 0 unspecified atom stereocenters. The molecule has 0 aliphatic carbocycles. The molecular weight excluding hydrogens is 458 g/mol. The summed E-state index contributed by atoms with van der Waals surface area (Å²) in [7, 11) is -0.495. The normalized spacial score (nSPS) is 13.1. The Morgan fingerprint density at radius 2 is 2.12 bits per heavy atom. The monoisotopic (exact) mass is 473 g/mol. The highest BCUT2D eigenvalue weighted by atomic mass is 79.9. The Hall–Kier alpha value is -1.19. The van der Waals surface area contributed by atoms with Crippen molar-refractivity contribution in [3.63, 3.8) is 0 Å². The van der Waals surface area contributed by atoms with Gasteiger partial charge in [0.15, 0.2) is 5.82 Å². The molecule has 3 aromatic rings. The number of halogens is 2. The summed E-state index contributed by atoms with van der Waals surface area (Å²) in [5, 5.41) is 2.49. The standard InChI is InChI=1S/C17H17BrClN3O2S2/c1-4-22-16-6-5-13(26(23,24)21(2)3)9-15(16)20-17(22)14(19)8-12-7-11(18)10-25-12/h5-10H,4H2,1-3H3/b14-8-. The molecule has 0 fully saturated rings. The van der Waals surface area contributed by atoms with Gasteiger partial charge in [-0.15, -0.1) is 11.3 Å². The van der Waals surface area contributed by atoms with Crippen molar-refractivity contribution in [2.45, 2.75) is 18.4 Å². The maximum atomic E-state index is 12.4. The third-order valence-electron chi connectivity index (χ3n) is 3.88. The molecule has 5 nitrogen and oxygen atoms in total. The second kappa shape index (κ2) is 7.44. The average molecular weight is 475 g/mol. The summed E-state index contributed by atoms with van der Waals surface area (Å²) in [6, 6.07) is 6.95. The summed E-state index contributed by atoms with van der Waals surface area (Å²) >= 11 is 11.5. The van der Waals surface area contributed by atoms with E-state index in [1.165, 1.54) is 18.4 Å². The molecule has 0 aliphatic rings. The number of rotatable bonds is 5. The molecule has 9 heteroatoms. The van der Waals surface area contributed by atoms with Crippen LogP contribution in [0.25, 0.3) is 22.1 Å². The Bertz CT molecular complexity index is 1100. The molecule has 2 aromatic heterocycles. The topological polar surface area (TPSA) is 55.2 Å². The number of hydrogen-bond donors (Lipinski definition) is 0. The van der Waals surface area contributed by atoms with Gasteiger partial charge in [-0.25, -0.2) is 17.7 Å². The predicted octanol–water partition coefficient (Wildman–Crippen LogP) is 4.87. The minimum absolute atomic E-state index is 0.213. The minimum Gasteiger partial charge on any atom is -0.324 e. The maximum Gasteiger partial charge on any atom is 0.242 e. The van der Waals surface area contributed by atoms with Gasteiger partial charge < -0.3 is 4.57 Å². The van der Waals surface area contributed by atoms with E-state index >= 15 is 0 Å². The molecule has 0 saturated heterocycles. The van der Waals surface area contributed by atoms with Gasteiger partial charge >= 0.3 is 0 Å². The van der Waals surface area contributed by atoms with Gasteiger partial charge in [-0.3, -0.25) is 0 Å². The highest BCUT2D eigenvalue weighted by Crippen LogP contribution is 2.30. The summed E-state index contributed by atoms with van der Waals surface area (Å²) in [5.41, 5.74) is 1.45. The Kier molecular flexibility index (Phi) is 5.60. The fourth-order valence-electron chi connectivity index (χ4n) is 2.58. The van der Waals surface area contributed by atoms with Crippen molar-refractivity contribution in [1.82, 2.24) is 13.9 Å². The summed E-state index contributed by atoms with van der Waals surface area (Å²) in [5.74, 6) is 0.619. The van der Waals surface area contributed by atoms with Crippen LogP contribution in [0.1, 0.15) is 17.6 Å². The van der Waals surface area contributed by atoms with Crippen molar-refractivity contribution in [2.75, 3.05) is 14.1 Å². The number of aryl methyl sites for hydroxylation is 1. The Morgan fingerprint density at radius 1 is 1.38 bits per heavy atom. The molecule has 0 bridgehead atoms. The largest absolute Gasteiger partial charge is 0.324 e. The lowest BCUT2D eigenvalue weighted by atomic mass is 10.3. The lowest BCUT2D eigenvalue weighted by Gasteiger charge is -2.11. The van der Waals surface area contributed by atoms with Crippen LogP contribution in [0, 0.1) is 0 Å². The summed E-state index contributed by atoms with van der Waals surface area (Å²) in [6.45, 7) is 2.67. The van der Waals surface area contributed by atoms with Crippen molar-refractivity contribution < 1.29 is 8.42 Å². The Morgan fingerprint density at radius 3 is 2.69 bits per heavy atom. The first kappa shape index (κ1) is 19.6. The molecule has 0 amide bonds. The van der Waals surface area contributed by atoms with Crippen LogP contribution in [-0.4, -0.2) is 36.4 Å². The molecule has 3 rings (SSSR count). The molecule has 0 spiro atoms. The maximum absolute atomic E-state index is 12.4. The first-order valence-corrected chi connectivity index (χ1v) is 11.3. The minimum atomic E-state index is -3.51. The number of fused-ring (bicyclic) bond motifs is 1. The van der Waals surface area contributed by atoms with Crippen LogP contribution in [0.5, 0.6) is 0 Å². The van der Waals surface area contributed by atoms with Gasteiger partial charge in [0.05, 0.1) is 21.0 Å². The predicted molar refractivity (Wildman–Crippen MR) is 112 cm³/mol. The molecule has 26 heavy (non-hydrogen) atoms. The van der Waals surface area contributed by atoms with Gasteiger partial charge in [0, 0.05) is 35.4 Å². The van der Waals surface area contributed by atoms with Crippen LogP contribution < -0.4 is 0 Å². The van der Waals surface area contributed by atoms with Crippen LogP contribution in [0.2, 0.25) is 0 Å². The molecule has 138 valence electrons. The second-order valence-electron chi connectivity index (χ2n) is 5.78. The average Bonchev–Trinajstić information content (AvgIpc) is 3.16. The van der Waals surface area contributed by atoms with E-state index in [-0.39, 0.29) is 4.90 Å². The van der Waals surface area contributed by atoms with Crippen molar-refractivity contribution >= 4 is 71.0 Å². The number of imidazole rings is 1. The number of hydrogen-bond acceptors (Lipinski definition) is 4. The van der Waals surface area contributed by atoms with E-state index < -0.39 is 10.0 Å². The number of benzene rings is 1. The summed E-state index contributed by atoms with van der Waals surface area (Å²) < 4.78 is 28.9. The zero-order valence-corrected chi connectivity index (χ0v) is 18.4. The highest BCUT2D eigenvalue weighted by Gasteiger charge is 2.20. The lowest BCUT2D eigenvalue weighted by molar-refractivity contribution is 0.521. The van der Waals surface area contributed by atoms with Gasteiger partial charge in [-0.2, -0.15) is 0 Å². The van der Waals surface area contributed by atoms with Gasteiger partial charge in [-0.1, -0.05) is 11.6 Å². The van der Waals surface area contributed by atoms with Crippen LogP contribution in [0.15, 0.2) is 39.0 Å². The SMILES string of the molecule is CCn1c(/C(Cl)=C/c2cc(Br)cs2)nc2cc(S(=O)(=O)N(C)C)ccc21. The van der Waals surface area contributed by atoms with Gasteiger partial charge in [0.25, 0.3) is 0 Å². The van der Waals surface area contributed by atoms with Crippen LogP contribution >= 0.6 is 38.9 Å². The fraction of sp³-hybridized carbons (Fsp3) is 0.235. The summed E-state index contributed by atoms with van der Waals surface area (Å²) in [6.07, 6.45) is 1.86. The molecule has 0 radical (unpaired) electrons. The van der Waals surface area contributed by atoms with Gasteiger partial charge in [-0.05, 0) is 53.2 Å². The quantitative estimate of drug-likeness (QED) is 0.530. The molecule has 1 aromatic carbocycles. The van der Waals surface area contributed by atoms with Crippen molar-refractivity contribution in [3.05, 3.63) is 44.8 Å². The lowest BCUT2D eigenvalue weighted by Crippen LogP contribution is -2.22. The zero-order valence-electron chi connectivity index (χ0n) is 14.4. The number of thiophene rings is 1. The van der Waals surface area contributed by atoms with E-state index in [1.54, 1.807) is 29.5 Å². The van der Waals surface area contributed by atoms with Crippen LogP contribution in [-0.2, 0) is 16.6 Å². The van der Waals surface area contributed by atoms with E-state index in [9.17, 15) is 8.42 Å². The van der Waals surface area contributed by atoms with Crippen molar-refractivity contribution in [2.24, 2.45) is 0 Å². The van der Waals surface area contributed by atoms with Gasteiger partial charge in [0.1, 0.15) is 0 Å². The molecule has 0 atom stereocenters. The third-order valence-corrected chi connectivity index (χ3v) is 7.61. The number of aromatic nitrogens is 2. The van der Waals surface area contributed by atoms with E-state index in [0.29, 0.717) is 22.9 Å². The smallest absolute Gasteiger partial charge is 0.242 e. The number of sulfonamides is 1. The second-order valence-corrected chi connectivity index (χ2v) is 10.2. The molecule has 0 N–H and O–H groups in total. The van der Waals surface area contributed by atoms with E-state index in [4.69, 9.17) is 11.6 Å². The molecule has 0 saturated carbocycles. The molecule has 2 heterocycles. The van der Waals surface area contributed by atoms with E-state index in [1.807, 2.05) is 29.0 Å². The van der Waals surface area contributed by atoms with Crippen molar-refractivity contribution in [1.29, 1.82) is 0 Å². The Labute approximate surface area is 170 Å². The van der Waals surface area contributed by atoms with E-state index in [0.717, 1.165) is 14.9 Å².